The monoisotopic (exact) mass is 430 g/mol. The van der Waals surface area contributed by atoms with Crippen molar-refractivity contribution in [3.05, 3.63) is 69.4 Å². The standard InChI is InChI=1S/C21H20BrFN2O2/c1-12-7-8-25(21(12)27)19-11-18(17-10-15(23)5-6-16(17)19)24-20(26)13-3-2-4-14(22)9-13/h2-6,9-10,12,18-19H,7-8,11H2,1H3,(H,24,26). The van der Waals surface area contributed by atoms with Crippen LogP contribution in [0.5, 0.6) is 0 Å². The summed E-state index contributed by atoms with van der Waals surface area (Å²) >= 11 is 3.37. The second kappa shape index (κ2) is 7.08. The Morgan fingerprint density at radius 1 is 1.22 bits per heavy atom. The number of benzene rings is 2. The number of halogens is 2. The molecule has 4 rings (SSSR count). The molecular formula is C21H20BrFN2O2. The normalized spacial score (nSPS) is 24.2. The van der Waals surface area contributed by atoms with Gasteiger partial charge in [0.25, 0.3) is 5.91 Å². The summed E-state index contributed by atoms with van der Waals surface area (Å²) in [5, 5.41) is 3.02. The predicted octanol–water partition coefficient (Wildman–Crippen LogP) is 4.37. The molecule has 1 aliphatic carbocycles. The van der Waals surface area contributed by atoms with Crippen LogP contribution in [0.4, 0.5) is 4.39 Å². The second-order valence-corrected chi connectivity index (χ2v) is 8.20. The molecular weight excluding hydrogens is 411 g/mol. The zero-order valence-electron chi connectivity index (χ0n) is 14.9. The molecule has 0 aromatic heterocycles. The molecule has 3 atom stereocenters. The van der Waals surface area contributed by atoms with Gasteiger partial charge in [0.05, 0.1) is 12.1 Å². The van der Waals surface area contributed by atoms with Crippen LogP contribution in [0.3, 0.4) is 0 Å². The van der Waals surface area contributed by atoms with Gasteiger partial charge in [0.2, 0.25) is 5.91 Å². The van der Waals surface area contributed by atoms with Crippen molar-refractivity contribution in [3.8, 4) is 0 Å². The molecule has 1 fully saturated rings. The minimum Gasteiger partial charge on any atom is -0.345 e. The van der Waals surface area contributed by atoms with Gasteiger partial charge in [0.15, 0.2) is 0 Å². The molecule has 6 heteroatoms. The van der Waals surface area contributed by atoms with E-state index in [1.807, 2.05) is 17.9 Å². The Hall–Kier alpha value is -2.21. The molecule has 2 aliphatic rings. The van der Waals surface area contributed by atoms with E-state index in [9.17, 15) is 14.0 Å². The molecule has 0 saturated carbocycles. The SMILES string of the molecule is CC1CCN(C2CC(NC(=O)c3cccc(Br)c3)c3cc(F)ccc32)C1=O. The maximum absolute atomic E-state index is 13.9. The average molecular weight is 431 g/mol. The van der Waals surface area contributed by atoms with E-state index in [1.54, 1.807) is 24.3 Å². The molecule has 2 amide bonds. The lowest BCUT2D eigenvalue weighted by Crippen LogP contribution is -2.32. The van der Waals surface area contributed by atoms with Crippen LogP contribution < -0.4 is 5.32 Å². The quantitative estimate of drug-likeness (QED) is 0.785. The van der Waals surface area contributed by atoms with Crippen molar-refractivity contribution in [2.24, 2.45) is 5.92 Å². The lowest BCUT2D eigenvalue weighted by atomic mass is 10.1. The van der Waals surface area contributed by atoms with Crippen LogP contribution in [-0.2, 0) is 4.79 Å². The van der Waals surface area contributed by atoms with Gasteiger partial charge in [0.1, 0.15) is 5.82 Å². The number of amides is 2. The van der Waals surface area contributed by atoms with Crippen molar-refractivity contribution < 1.29 is 14.0 Å². The maximum atomic E-state index is 13.9. The molecule has 0 bridgehead atoms. The number of carbonyl (C=O) groups excluding carboxylic acids is 2. The van der Waals surface area contributed by atoms with E-state index in [4.69, 9.17) is 0 Å². The molecule has 1 saturated heterocycles. The summed E-state index contributed by atoms with van der Waals surface area (Å²) in [6.45, 7) is 2.64. The highest BCUT2D eigenvalue weighted by Gasteiger charge is 2.41. The van der Waals surface area contributed by atoms with Crippen LogP contribution in [0.15, 0.2) is 46.9 Å². The molecule has 0 radical (unpaired) electrons. The van der Waals surface area contributed by atoms with E-state index < -0.39 is 0 Å². The Labute approximate surface area is 165 Å². The Bertz CT molecular complexity index is 917. The minimum atomic E-state index is -0.336. The van der Waals surface area contributed by atoms with Crippen LogP contribution >= 0.6 is 15.9 Å². The first-order chi connectivity index (χ1) is 12.9. The predicted molar refractivity (Wildman–Crippen MR) is 104 cm³/mol. The molecule has 140 valence electrons. The first-order valence-electron chi connectivity index (χ1n) is 9.10. The Kier molecular flexibility index (Phi) is 4.76. The van der Waals surface area contributed by atoms with Gasteiger partial charge < -0.3 is 10.2 Å². The van der Waals surface area contributed by atoms with Crippen LogP contribution in [0, 0.1) is 11.7 Å². The summed E-state index contributed by atoms with van der Waals surface area (Å²) < 4.78 is 14.7. The number of fused-ring (bicyclic) bond motifs is 1. The van der Waals surface area contributed by atoms with Crippen molar-refractivity contribution >= 4 is 27.7 Å². The second-order valence-electron chi connectivity index (χ2n) is 7.28. The van der Waals surface area contributed by atoms with Gasteiger partial charge in [-0.25, -0.2) is 4.39 Å². The van der Waals surface area contributed by atoms with E-state index in [0.717, 1.165) is 22.0 Å². The summed E-state index contributed by atoms with van der Waals surface area (Å²) in [7, 11) is 0. The fraction of sp³-hybridized carbons (Fsp3) is 0.333. The van der Waals surface area contributed by atoms with Crippen molar-refractivity contribution in [2.75, 3.05) is 6.54 Å². The van der Waals surface area contributed by atoms with E-state index in [-0.39, 0.29) is 35.6 Å². The van der Waals surface area contributed by atoms with E-state index >= 15 is 0 Å². The summed E-state index contributed by atoms with van der Waals surface area (Å²) in [6, 6.07) is 11.4. The highest BCUT2D eigenvalue weighted by molar-refractivity contribution is 9.10. The Morgan fingerprint density at radius 3 is 2.74 bits per heavy atom. The Morgan fingerprint density at radius 2 is 2.04 bits per heavy atom. The number of nitrogens with one attached hydrogen (secondary N) is 1. The van der Waals surface area contributed by atoms with Crippen molar-refractivity contribution in [1.29, 1.82) is 0 Å². The fourth-order valence-electron chi connectivity index (χ4n) is 4.09. The molecule has 27 heavy (non-hydrogen) atoms. The number of rotatable bonds is 3. The van der Waals surface area contributed by atoms with Crippen LogP contribution in [0.1, 0.15) is 53.3 Å². The van der Waals surface area contributed by atoms with Gasteiger partial charge in [-0.1, -0.05) is 35.0 Å². The smallest absolute Gasteiger partial charge is 0.251 e. The highest BCUT2D eigenvalue weighted by Crippen LogP contribution is 2.44. The minimum absolute atomic E-state index is 0.0178. The zero-order chi connectivity index (χ0) is 19.1. The maximum Gasteiger partial charge on any atom is 0.251 e. The largest absolute Gasteiger partial charge is 0.345 e. The van der Waals surface area contributed by atoms with Crippen molar-refractivity contribution in [2.45, 2.75) is 31.8 Å². The van der Waals surface area contributed by atoms with Gasteiger partial charge in [-0.3, -0.25) is 9.59 Å². The van der Waals surface area contributed by atoms with Gasteiger partial charge >= 0.3 is 0 Å². The van der Waals surface area contributed by atoms with Crippen molar-refractivity contribution in [1.82, 2.24) is 10.2 Å². The summed E-state index contributed by atoms with van der Waals surface area (Å²) in [6.07, 6.45) is 1.40. The average Bonchev–Trinajstić information content (AvgIpc) is 3.15. The zero-order valence-corrected chi connectivity index (χ0v) is 16.5. The molecule has 1 aliphatic heterocycles. The summed E-state index contributed by atoms with van der Waals surface area (Å²) in [5.41, 5.74) is 2.23. The first-order valence-corrected chi connectivity index (χ1v) is 9.89. The van der Waals surface area contributed by atoms with Crippen LogP contribution in [0.25, 0.3) is 0 Å². The Balaban J connectivity index is 1.62. The van der Waals surface area contributed by atoms with Gasteiger partial charge in [-0.05, 0) is 54.3 Å². The molecule has 3 unspecified atom stereocenters. The summed E-state index contributed by atoms with van der Waals surface area (Å²) in [4.78, 5) is 27.1. The third-order valence-corrected chi connectivity index (χ3v) is 6.01. The molecule has 4 nitrogen and oxygen atoms in total. The molecule has 0 spiro atoms. The fourth-order valence-corrected chi connectivity index (χ4v) is 4.49. The number of hydrogen-bond donors (Lipinski definition) is 1. The molecule has 2 aromatic rings. The van der Waals surface area contributed by atoms with E-state index in [1.165, 1.54) is 12.1 Å². The summed E-state index contributed by atoms with van der Waals surface area (Å²) in [5.74, 6) is -0.394. The number of nitrogens with zero attached hydrogens (tertiary/aromatic N) is 1. The number of carbonyl (C=O) groups is 2. The van der Waals surface area contributed by atoms with Crippen LogP contribution in [0.2, 0.25) is 0 Å². The van der Waals surface area contributed by atoms with E-state index in [0.29, 0.717) is 18.5 Å². The van der Waals surface area contributed by atoms with E-state index in [2.05, 4.69) is 21.2 Å². The topological polar surface area (TPSA) is 49.4 Å². The number of likely N-dealkylation sites (tertiary alicyclic amines) is 1. The van der Waals surface area contributed by atoms with Crippen molar-refractivity contribution in [3.63, 3.8) is 0 Å². The molecule has 1 heterocycles. The number of hydrogen-bond acceptors (Lipinski definition) is 2. The van der Waals surface area contributed by atoms with Gasteiger partial charge in [-0.2, -0.15) is 0 Å². The van der Waals surface area contributed by atoms with Gasteiger partial charge in [-0.15, -0.1) is 0 Å². The van der Waals surface area contributed by atoms with Gasteiger partial charge in [0, 0.05) is 22.5 Å². The van der Waals surface area contributed by atoms with Crippen LogP contribution in [-0.4, -0.2) is 23.3 Å². The molecule has 1 N–H and O–H groups in total. The highest BCUT2D eigenvalue weighted by atomic mass is 79.9. The first kappa shape index (κ1) is 18.2. The molecule has 2 aromatic carbocycles. The third-order valence-electron chi connectivity index (χ3n) is 5.52. The third kappa shape index (κ3) is 3.38. The lowest BCUT2D eigenvalue weighted by molar-refractivity contribution is -0.132. The lowest BCUT2D eigenvalue weighted by Gasteiger charge is -2.25.